The van der Waals surface area contributed by atoms with Crippen LogP contribution < -0.4 is 10.1 Å². The molecule has 3 heteroatoms. The normalized spacial score (nSPS) is 12.6. The smallest absolute Gasteiger partial charge is 0.119 e. The van der Waals surface area contributed by atoms with E-state index < -0.39 is 0 Å². The highest BCUT2D eigenvalue weighted by Gasteiger charge is 2.13. The van der Waals surface area contributed by atoms with Gasteiger partial charge in [-0.15, -0.1) is 0 Å². The van der Waals surface area contributed by atoms with E-state index in [1.54, 1.807) is 7.11 Å². The molecule has 0 spiro atoms. The van der Waals surface area contributed by atoms with Gasteiger partial charge in [-0.25, -0.2) is 0 Å². The number of aliphatic imine (C=N–C) groups is 1. The average molecular weight is 365 g/mol. The number of ether oxygens (including phenoxy) is 1. The molecule has 0 unspecified atom stereocenters. The third-order valence-electron chi connectivity index (χ3n) is 4.49. The molecular formula is C24H32N2O. The maximum atomic E-state index is 5.20. The van der Waals surface area contributed by atoms with E-state index in [9.17, 15) is 0 Å². The molecule has 0 saturated carbocycles. The molecule has 1 N–H and O–H groups in total. The van der Waals surface area contributed by atoms with Crippen molar-refractivity contribution in [1.29, 1.82) is 0 Å². The Morgan fingerprint density at radius 1 is 0.926 bits per heavy atom. The van der Waals surface area contributed by atoms with Crippen molar-refractivity contribution in [3.05, 3.63) is 65.4 Å². The lowest BCUT2D eigenvalue weighted by atomic mass is 9.93. The van der Waals surface area contributed by atoms with Crippen LogP contribution in [0.2, 0.25) is 0 Å². The van der Waals surface area contributed by atoms with E-state index in [0.717, 1.165) is 28.5 Å². The summed E-state index contributed by atoms with van der Waals surface area (Å²) in [5.74, 6) is 1.74. The Kier molecular flexibility index (Phi) is 7.23. The van der Waals surface area contributed by atoms with Gasteiger partial charge in [0.25, 0.3) is 0 Å². The number of nitrogens with one attached hydrogen (secondary N) is 1. The van der Waals surface area contributed by atoms with Gasteiger partial charge in [0.2, 0.25) is 0 Å². The van der Waals surface area contributed by atoms with E-state index in [4.69, 9.17) is 9.73 Å². The molecule has 0 aliphatic rings. The van der Waals surface area contributed by atoms with Crippen LogP contribution in [0.1, 0.15) is 64.5 Å². The van der Waals surface area contributed by atoms with Gasteiger partial charge in [-0.1, -0.05) is 45.9 Å². The molecule has 0 fully saturated rings. The van der Waals surface area contributed by atoms with Crippen LogP contribution in [0.15, 0.2) is 59.2 Å². The number of para-hydroxylation sites is 1. The number of nitrogens with zero attached hydrogens (tertiary/aromatic N) is 1. The van der Waals surface area contributed by atoms with Gasteiger partial charge in [0, 0.05) is 17.1 Å². The summed E-state index contributed by atoms with van der Waals surface area (Å²) in [5.41, 5.74) is 6.79. The van der Waals surface area contributed by atoms with Crippen molar-refractivity contribution >= 4 is 17.1 Å². The minimum Gasteiger partial charge on any atom is -0.497 e. The Balaban J connectivity index is 2.29. The fourth-order valence-corrected chi connectivity index (χ4v) is 3.10. The number of anilines is 1. The highest BCUT2D eigenvalue weighted by Crippen LogP contribution is 2.34. The molecule has 0 heterocycles. The van der Waals surface area contributed by atoms with Gasteiger partial charge in [-0.05, 0) is 67.2 Å². The first-order chi connectivity index (χ1) is 12.8. The second-order valence-corrected chi connectivity index (χ2v) is 7.53. The van der Waals surface area contributed by atoms with Gasteiger partial charge in [-0.3, -0.25) is 4.99 Å². The van der Waals surface area contributed by atoms with Crippen molar-refractivity contribution in [2.75, 3.05) is 12.4 Å². The fourth-order valence-electron chi connectivity index (χ4n) is 3.10. The monoisotopic (exact) mass is 364 g/mol. The summed E-state index contributed by atoms with van der Waals surface area (Å²) in [6.07, 6.45) is 2.09. The van der Waals surface area contributed by atoms with Crippen molar-refractivity contribution in [1.82, 2.24) is 0 Å². The van der Waals surface area contributed by atoms with Gasteiger partial charge < -0.3 is 10.1 Å². The van der Waals surface area contributed by atoms with Crippen LogP contribution in [0.25, 0.3) is 0 Å². The largest absolute Gasteiger partial charge is 0.497 e. The van der Waals surface area contributed by atoms with E-state index in [1.807, 2.05) is 24.3 Å². The summed E-state index contributed by atoms with van der Waals surface area (Å²) in [5, 5.41) is 3.41. The number of hydrogen-bond donors (Lipinski definition) is 1. The number of rotatable bonds is 7. The molecule has 3 nitrogen and oxygen atoms in total. The van der Waals surface area contributed by atoms with Crippen LogP contribution in [0.3, 0.4) is 0 Å². The topological polar surface area (TPSA) is 33.6 Å². The Hall–Kier alpha value is -2.55. The highest BCUT2D eigenvalue weighted by atomic mass is 16.5. The lowest BCUT2D eigenvalue weighted by Gasteiger charge is -2.17. The molecule has 0 aromatic heterocycles. The molecule has 0 bridgehead atoms. The number of benzene rings is 2. The minimum atomic E-state index is 0.442. The summed E-state index contributed by atoms with van der Waals surface area (Å²) in [6, 6.07) is 14.4. The van der Waals surface area contributed by atoms with Crippen molar-refractivity contribution in [3.63, 3.8) is 0 Å². The first-order valence-corrected chi connectivity index (χ1v) is 9.59. The van der Waals surface area contributed by atoms with Crippen molar-refractivity contribution < 1.29 is 4.74 Å². The van der Waals surface area contributed by atoms with Crippen molar-refractivity contribution in [3.8, 4) is 5.75 Å². The third kappa shape index (κ3) is 5.72. The maximum Gasteiger partial charge on any atom is 0.119 e. The van der Waals surface area contributed by atoms with Crippen LogP contribution in [0.5, 0.6) is 5.75 Å². The number of methoxy groups -OCH3 is 1. The van der Waals surface area contributed by atoms with Gasteiger partial charge in [0.1, 0.15) is 5.75 Å². The number of hydrogen-bond acceptors (Lipinski definition) is 3. The second-order valence-electron chi connectivity index (χ2n) is 7.53. The fraction of sp³-hybridized carbons (Fsp3) is 0.375. The molecular weight excluding hydrogens is 332 g/mol. The first-order valence-electron chi connectivity index (χ1n) is 9.59. The predicted molar refractivity (Wildman–Crippen MR) is 118 cm³/mol. The molecule has 0 radical (unpaired) electrons. The van der Waals surface area contributed by atoms with Crippen molar-refractivity contribution in [2.45, 2.75) is 53.4 Å². The van der Waals surface area contributed by atoms with E-state index in [2.05, 4.69) is 71.1 Å². The van der Waals surface area contributed by atoms with Gasteiger partial charge in [0.15, 0.2) is 0 Å². The third-order valence-corrected chi connectivity index (χ3v) is 4.49. The van der Waals surface area contributed by atoms with E-state index in [0.29, 0.717) is 11.8 Å². The Morgan fingerprint density at radius 2 is 1.48 bits per heavy atom. The molecule has 2 rings (SSSR count). The zero-order valence-electron chi connectivity index (χ0n) is 17.6. The average Bonchev–Trinajstić information content (AvgIpc) is 2.61. The van der Waals surface area contributed by atoms with Crippen molar-refractivity contribution in [2.24, 2.45) is 4.99 Å². The first kappa shape index (κ1) is 20.8. The molecule has 2 aromatic carbocycles. The number of allylic oxidation sites excluding steroid dienone is 2. The SMILES string of the molecule is COc1ccc(N/C(C)=C\C(C)=Nc2c(C(C)C)cccc2C(C)C)cc1. The van der Waals surface area contributed by atoms with Crippen LogP contribution in [0.4, 0.5) is 11.4 Å². The lowest BCUT2D eigenvalue weighted by Crippen LogP contribution is -2.00. The second kappa shape index (κ2) is 9.40. The molecule has 0 atom stereocenters. The molecule has 0 saturated heterocycles. The lowest BCUT2D eigenvalue weighted by molar-refractivity contribution is 0.415. The van der Waals surface area contributed by atoms with Crippen LogP contribution in [-0.4, -0.2) is 12.8 Å². The van der Waals surface area contributed by atoms with Gasteiger partial charge >= 0.3 is 0 Å². The molecule has 144 valence electrons. The van der Waals surface area contributed by atoms with E-state index in [-0.39, 0.29) is 0 Å². The molecule has 0 amide bonds. The Bertz CT molecular complexity index is 789. The molecule has 27 heavy (non-hydrogen) atoms. The maximum absolute atomic E-state index is 5.20. The highest BCUT2D eigenvalue weighted by molar-refractivity contribution is 5.96. The summed E-state index contributed by atoms with van der Waals surface area (Å²) < 4.78 is 5.20. The standard InChI is InChI=1S/C24H32N2O/c1-16(2)22-9-8-10-23(17(3)4)24(22)26-19(6)15-18(5)25-20-11-13-21(27-7)14-12-20/h8-17,25H,1-7H3/b18-15-,26-19?. The Morgan fingerprint density at radius 3 is 1.96 bits per heavy atom. The summed E-state index contributed by atoms with van der Waals surface area (Å²) in [6.45, 7) is 13.0. The molecule has 0 aliphatic carbocycles. The minimum absolute atomic E-state index is 0.442. The zero-order chi connectivity index (χ0) is 20.0. The predicted octanol–water partition coefficient (Wildman–Crippen LogP) is 7.05. The summed E-state index contributed by atoms with van der Waals surface area (Å²) >= 11 is 0. The van der Waals surface area contributed by atoms with Gasteiger partial charge in [-0.2, -0.15) is 0 Å². The molecule has 0 aliphatic heterocycles. The summed E-state index contributed by atoms with van der Waals surface area (Å²) in [4.78, 5) is 4.99. The van der Waals surface area contributed by atoms with E-state index >= 15 is 0 Å². The Labute approximate surface area is 164 Å². The molecule has 2 aromatic rings. The van der Waals surface area contributed by atoms with Crippen LogP contribution in [0, 0.1) is 0 Å². The van der Waals surface area contributed by atoms with Crippen LogP contribution >= 0.6 is 0 Å². The van der Waals surface area contributed by atoms with Gasteiger partial charge in [0.05, 0.1) is 12.8 Å². The quantitative estimate of drug-likeness (QED) is 0.534. The van der Waals surface area contributed by atoms with Crippen LogP contribution in [-0.2, 0) is 0 Å². The summed E-state index contributed by atoms with van der Waals surface area (Å²) in [7, 11) is 1.67. The zero-order valence-corrected chi connectivity index (χ0v) is 17.6. The van der Waals surface area contributed by atoms with E-state index in [1.165, 1.54) is 11.1 Å².